The van der Waals surface area contributed by atoms with Gasteiger partial charge < -0.3 is 20.5 Å². The van der Waals surface area contributed by atoms with E-state index in [0.717, 1.165) is 40.8 Å². The zero-order valence-electron chi connectivity index (χ0n) is 22.9. The standard InChI is InChI=1S/C31H31ClN4O5S/c1-20-15-25(32)8-12-28(20)35-31(38)36-42(39,40)27-10-5-21(6-11-27)22-7-13-30-23(16-22)4-9-26(41-30)18-34-19-29(37)24-3-2-14-33-17-24/h2-3,5-8,10-17,26,29,34,37H,4,9,18-19H2,1H3,(H2,35,36,38). The molecule has 4 N–H and O–H groups in total. The third kappa shape index (κ3) is 7.27. The van der Waals surface area contributed by atoms with Crippen LogP contribution in [-0.4, -0.2) is 43.7 Å². The molecule has 9 nitrogen and oxygen atoms in total. The van der Waals surface area contributed by atoms with Crippen LogP contribution in [0.5, 0.6) is 5.75 Å². The first-order chi connectivity index (χ1) is 20.2. The van der Waals surface area contributed by atoms with Crippen molar-refractivity contribution in [3.63, 3.8) is 0 Å². The number of fused-ring (bicyclic) bond motifs is 1. The molecule has 0 bridgehead atoms. The number of nitrogens with one attached hydrogen (secondary N) is 3. The van der Waals surface area contributed by atoms with Crippen molar-refractivity contribution >= 4 is 33.3 Å². The molecule has 2 unspecified atom stereocenters. The van der Waals surface area contributed by atoms with Crippen molar-refractivity contribution in [2.24, 2.45) is 0 Å². The van der Waals surface area contributed by atoms with Crippen LogP contribution in [0.25, 0.3) is 11.1 Å². The minimum Gasteiger partial charge on any atom is -0.489 e. The number of carbonyl (C=O) groups excluding carboxylic acids is 1. The van der Waals surface area contributed by atoms with Crippen LogP contribution in [0, 0.1) is 6.92 Å². The maximum absolute atomic E-state index is 12.8. The predicted octanol–water partition coefficient (Wildman–Crippen LogP) is 5.24. The van der Waals surface area contributed by atoms with Crippen molar-refractivity contribution in [2.45, 2.75) is 36.9 Å². The molecule has 218 valence electrons. The largest absolute Gasteiger partial charge is 0.489 e. The van der Waals surface area contributed by atoms with Gasteiger partial charge in [-0.2, -0.15) is 0 Å². The van der Waals surface area contributed by atoms with Crippen LogP contribution >= 0.6 is 11.6 Å². The van der Waals surface area contributed by atoms with Crippen LogP contribution < -0.4 is 20.1 Å². The number of benzene rings is 3. The number of pyridine rings is 1. The summed E-state index contributed by atoms with van der Waals surface area (Å²) in [5, 5.41) is 16.7. The molecule has 11 heteroatoms. The molecule has 0 saturated heterocycles. The van der Waals surface area contributed by atoms with Crippen molar-refractivity contribution < 1.29 is 23.1 Å². The van der Waals surface area contributed by atoms with E-state index in [9.17, 15) is 18.3 Å². The fraction of sp³-hybridized carbons (Fsp3) is 0.226. The van der Waals surface area contributed by atoms with Gasteiger partial charge in [-0.1, -0.05) is 35.9 Å². The Balaban J connectivity index is 1.16. The van der Waals surface area contributed by atoms with E-state index in [0.29, 0.717) is 29.4 Å². The summed E-state index contributed by atoms with van der Waals surface area (Å²) < 4.78 is 33.8. The average Bonchev–Trinajstić information content (AvgIpc) is 2.98. The summed E-state index contributed by atoms with van der Waals surface area (Å²) in [4.78, 5) is 16.4. The highest BCUT2D eigenvalue weighted by atomic mass is 35.5. The summed E-state index contributed by atoms with van der Waals surface area (Å²) in [5.41, 5.74) is 4.78. The summed E-state index contributed by atoms with van der Waals surface area (Å²) in [6, 6.07) is 19.9. The highest BCUT2D eigenvalue weighted by molar-refractivity contribution is 7.90. The first kappa shape index (κ1) is 29.5. The first-order valence-corrected chi connectivity index (χ1v) is 15.3. The maximum Gasteiger partial charge on any atom is 0.333 e. The van der Waals surface area contributed by atoms with Crippen LogP contribution in [0.4, 0.5) is 10.5 Å². The molecule has 5 rings (SSSR count). The molecule has 2 heterocycles. The van der Waals surface area contributed by atoms with Crippen LogP contribution in [0.3, 0.4) is 0 Å². The lowest BCUT2D eigenvalue weighted by Crippen LogP contribution is -2.36. The van der Waals surface area contributed by atoms with Crippen LogP contribution in [0.2, 0.25) is 5.02 Å². The second-order valence-corrected chi connectivity index (χ2v) is 12.2. The fourth-order valence-electron chi connectivity index (χ4n) is 4.76. The molecule has 1 aliphatic rings. The number of rotatable bonds is 9. The molecule has 2 atom stereocenters. The van der Waals surface area contributed by atoms with Gasteiger partial charge in [0.2, 0.25) is 0 Å². The third-order valence-corrected chi connectivity index (χ3v) is 8.61. The van der Waals surface area contributed by atoms with Crippen molar-refractivity contribution in [2.75, 3.05) is 18.4 Å². The van der Waals surface area contributed by atoms with Crippen LogP contribution in [0.1, 0.15) is 29.2 Å². The highest BCUT2D eigenvalue weighted by Gasteiger charge is 2.22. The van der Waals surface area contributed by atoms with Gasteiger partial charge in [-0.25, -0.2) is 17.9 Å². The van der Waals surface area contributed by atoms with E-state index in [4.69, 9.17) is 16.3 Å². The normalized spacial score (nSPS) is 15.3. The number of anilines is 1. The molecular formula is C31H31ClN4O5S. The number of urea groups is 1. The molecule has 0 spiro atoms. The molecule has 4 aromatic rings. The summed E-state index contributed by atoms with van der Waals surface area (Å²) >= 11 is 5.94. The maximum atomic E-state index is 12.8. The van der Waals surface area contributed by atoms with E-state index < -0.39 is 22.2 Å². The van der Waals surface area contributed by atoms with Crippen molar-refractivity contribution in [1.29, 1.82) is 0 Å². The molecule has 0 fully saturated rings. The zero-order chi connectivity index (χ0) is 29.7. The number of aromatic nitrogens is 1. The number of hydrogen-bond donors (Lipinski definition) is 4. The van der Waals surface area contributed by atoms with Gasteiger partial charge in [0.05, 0.1) is 11.0 Å². The monoisotopic (exact) mass is 606 g/mol. The van der Waals surface area contributed by atoms with E-state index in [-0.39, 0.29) is 11.0 Å². The molecule has 3 aromatic carbocycles. The number of aryl methyl sites for hydroxylation is 2. The molecule has 0 saturated carbocycles. The van der Waals surface area contributed by atoms with E-state index in [1.54, 1.807) is 55.7 Å². The number of halogens is 1. The second kappa shape index (κ2) is 12.9. The first-order valence-electron chi connectivity index (χ1n) is 13.5. The third-order valence-electron chi connectivity index (χ3n) is 7.03. The number of hydrogen-bond acceptors (Lipinski definition) is 7. The number of nitrogens with zero attached hydrogens (tertiary/aromatic N) is 1. The molecule has 0 radical (unpaired) electrons. The lowest BCUT2D eigenvalue weighted by Gasteiger charge is -2.27. The summed E-state index contributed by atoms with van der Waals surface area (Å²) in [6.07, 6.45) is 4.34. The van der Waals surface area contributed by atoms with Gasteiger partial charge >= 0.3 is 6.03 Å². The van der Waals surface area contributed by atoms with E-state index in [1.807, 2.05) is 22.9 Å². The van der Waals surface area contributed by atoms with E-state index in [2.05, 4.69) is 21.7 Å². The van der Waals surface area contributed by atoms with Crippen molar-refractivity contribution in [3.8, 4) is 16.9 Å². The Morgan fingerprint density at radius 1 is 1.10 bits per heavy atom. The van der Waals surface area contributed by atoms with E-state index in [1.165, 1.54) is 12.1 Å². The minimum absolute atomic E-state index is 0.0118. The quantitative estimate of drug-likeness (QED) is 0.205. The Morgan fingerprint density at radius 3 is 2.62 bits per heavy atom. The molecule has 0 aliphatic carbocycles. The zero-order valence-corrected chi connectivity index (χ0v) is 24.5. The van der Waals surface area contributed by atoms with Crippen LogP contribution in [-0.2, 0) is 16.4 Å². The Bertz CT molecular complexity index is 1670. The smallest absolute Gasteiger partial charge is 0.333 e. The number of amides is 2. The summed E-state index contributed by atoms with van der Waals surface area (Å²) in [5.74, 6) is 0.815. The molecule has 2 amide bonds. The Morgan fingerprint density at radius 2 is 1.88 bits per heavy atom. The average molecular weight is 607 g/mol. The SMILES string of the molecule is Cc1cc(Cl)ccc1NC(=O)NS(=O)(=O)c1ccc(-c2ccc3c(c2)CCC(CNCC(O)c2cccnc2)O3)cc1. The van der Waals surface area contributed by atoms with E-state index >= 15 is 0 Å². The molecule has 42 heavy (non-hydrogen) atoms. The van der Waals surface area contributed by atoms with Crippen LogP contribution in [0.15, 0.2) is 90.1 Å². The Labute approximate surface area is 250 Å². The van der Waals surface area contributed by atoms with Gasteiger partial charge in [0.15, 0.2) is 0 Å². The predicted molar refractivity (Wildman–Crippen MR) is 162 cm³/mol. The van der Waals surface area contributed by atoms with Crippen molar-refractivity contribution in [1.82, 2.24) is 15.0 Å². The lowest BCUT2D eigenvalue weighted by atomic mass is 9.97. The van der Waals surface area contributed by atoms with Gasteiger partial charge in [-0.3, -0.25) is 4.98 Å². The second-order valence-electron chi connectivity index (χ2n) is 10.1. The van der Waals surface area contributed by atoms with Crippen molar-refractivity contribution in [3.05, 3.63) is 107 Å². The fourth-order valence-corrected chi connectivity index (χ4v) is 5.90. The lowest BCUT2D eigenvalue weighted by molar-refractivity contribution is 0.146. The van der Waals surface area contributed by atoms with Gasteiger partial charge in [0.1, 0.15) is 11.9 Å². The highest BCUT2D eigenvalue weighted by Crippen LogP contribution is 2.32. The molecule has 1 aliphatic heterocycles. The number of aliphatic hydroxyl groups excluding tert-OH is 1. The van der Waals surface area contributed by atoms with Gasteiger partial charge in [0, 0.05) is 41.8 Å². The van der Waals surface area contributed by atoms with Gasteiger partial charge in [0.25, 0.3) is 10.0 Å². The van der Waals surface area contributed by atoms with Gasteiger partial charge in [-0.05, 0) is 90.6 Å². The molecule has 1 aromatic heterocycles. The van der Waals surface area contributed by atoms with Gasteiger partial charge in [-0.15, -0.1) is 0 Å². The number of aliphatic hydroxyl groups is 1. The Hall–Kier alpha value is -3.96. The Kier molecular flexibility index (Phi) is 9.08. The minimum atomic E-state index is -4.08. The summed E-state index contributed by atoms with van der Waals surface area (Å²) in [7, 11) is -4.08. The topological polar surface area (TPSA) is 130 Å². The number of sulfonamides is 1. The summed E-state index contributed by atoms with van der Waals surface area (Å²) in [6.45, 7) is 2.78. The number of ether oxygens (including phenoxy) is 1. The number of carbonyl (C=O) groups is 1. The molecular weight excluding hydrogens is 576 g/mol.